The molecular weight excluding hydrogens is 322 g/mol. The van der Waals surface area contributed by atoms with Crippen LogP contribution in [0, 0.1) is 6.92 Å². The first-order valence-corrected chi connectivity index (χ1v) is 4.17. The van der Waals surface area contributed by atoms with Gasteiger partial charge >= 0.3 is 5.97 Å². The fourth-order valence-electron chi connectivity index (χ4n) is 0.719. The van der Waals surface area contributed by atoms with Gasteiger partial charge in [-0.05, 0) is 0 Å². The second-order valence-electron chi connectivity index (χ2n) is 2.20. The van der Waals surface area contributed by atoms with Crippen LogP contribution in [0.15, 0.2) is 10.9 Å². The number of esters is 1. The monoisotopic (exact) mass is 331 g/mol. The highest BCUT2D eigenvalue weighted by molar-refractivity contribution is 8.93. The van der Waals surface area contributed by atoms with Crippen molar-refractivity contribution in [3.8, 4) is 0 Å². The molecule has 0 saturated carbocycles. The Balaban J connectivity index is 0. The summed E-state index contributed by atoms with van der Waals surface area (Å²) in [6, 6.07) is 0. The molecule has 1 heterocycles. The number of hydrogen-bond acceptors (Lipinski definition) is 3. The normalized spacial score (nSPS) is 8.15. The van der Waals surface area contributed by atoms with Crippen LogP contribution in [0.1, 0.15) is 5.69 Å². The first-order valence-electron chi connectivity index (χ1n) is 3.23. The standard InChI is InChI=1S/C7H10NO2S.2BrH/c1-6-4-11-5-8(6)3-7(9)10-2;;/h4-5H,3H2,1-2H3;2*1H/q+1;;/p-1. The van der Waals surface area contributed by atoms with Crippen molar-refractivity contribution in [2.75, 3.05) is 7.11 Å². The first-order chi connectivity index (χ1) is 5.24. The average molecular weight is 333 g/mol. The minimum atomic E-state index is -0.212. The number of aryl methyl sites for hydroxylation is 1. The lowest BCUT2D eigenvalue weighted by Crippen LogP contribution is -3.00. The summed E-state index contributed by atoms with van der Waals surface area (Å²) in [5.41, 5.74) is 2.98. The molecule has 0 bridgehead atoms. The lowest BCUT2D eigenvalue weighted by atomic mass is 10.5. The Morgan fingerprint density at radius 1 is 1.69 bits per heavy atom. The maximum atomic E-state index is 10.8. The van der Waals surface area contributed by atoms with Crippen molar-refractivity contribution >= 4 is 34.3 Å². The Kier molecular flexibility index (Phi) is 8.91. The maximum Gasteiger partial charge on any atom is 0.372 e. The first kappa shape index (κ1) is 15.5. The van der Waals surface area contributed by atoms with E-state index in [9.17, 15) is 4.79 Å². The fraction of sp³-hybridized carbons (Fsp3) is 0.429. The number of thiazole rings is 1. The number of hydrogen-bond donors (Lipinski definition) is 0. The van der Waals surface area contributed by atoms with E-state index in [0.29, 0.717) is 6.54 Å². The summed E-state index contributed by atoms with van der Waals surface area (Å²) in [6.07, 6.45) is 0. The lowest BCUT2D eigenvalue weighted by molar-refractivity contribution is -0.687. The van der Waals surface area contributed by atoms with Gasteiger partial charge in [-0.1, -0.05) is 11.3 Å². The van der Waals surface area contributed by atoms with E-state index in [4.69, 9.17) is 0 Å². The van der Waals surface area contributed by atoms with Crippen LogP contribution in [0.25, 0.3) is 0 Å². The Hall–Kier alpha value is 0.0600. The third-order valence-electron chi connectivity index (χ3n) is 1.41. The number of carbonyl (C=O) groups is 1. The number of aromatic nitrogens is 1. The van der Waals surface area contributed by atoms with Gasteiger partial charge in [-0.15, -0.1) is 17.0 Å². The highest BCUT2D eigenvalue weighted by Gasteiger charge is 2.12. The van der Waals surface area contributed by atoms with E-state index < -0.39 is 0 Å². The second kappa shape index (κ2) is 7.46. The molecule has 0 aliphatic carbocycles. The Morgan fingerprint density at radius 3 is 2.69 bits per heavy atom. The van der Waals surface area contributed by atoms with E-state index in [1.54, 1.807) is 11.3 Å². The van der Waals surface area contributed by atoms with Crippen LogP contribution in [0.4, 0.5) is 0 Å². The van der Waals surface area contributed by atoms with Crippen molar-refractivity contribution in [3.05, 3.63) is 16.6 Å². The Morgan fingerprint density at radius 2 is 2.31 bits per heavy atom. The van der Waals surface area contributed by atoms with Crippen molar-refractivity contribution in [2.45, 2.75) is 13.5 Å². The Labute approximate surface area is 102 Å². The number of rotatable bonds is 2. The van der Waals surface area contributed by atoms with Gasteiger partial charge in [0.05, 0.1) is 12.5 Å². The lowest BCUT2D eigenvalue weighted by Gasteiger charge is -1.92. The van der Waals surface area contributed by atoms with E-state index in [0.717, 1.165) is 5.69 Å². The third-order valence-corrected chi connectivity index (χ3v) is 2.26. The molecule has 0 saturated heterocycles. The number of ether oxygens (including phenoxy) is 1. The molecule has 1 aromatic heterocycles. The molecular formula is C7H11Br2NO2S. The molecule has 0 fully saturated rings. The zero-order chi connectivity index (χ0) is 8.27. The van der Waals surface area contributed by atoms with Crippen LogP contribution in [0.5, 0.6) is 0 Å². The summed E-state index contributed by atoms with van der Waals surface area (Å²) in [4.78, 5) is 10.8. The summed E-state index contributed by atoms with van der Waals surface area (Å²) in [5.74, 6) is -0.212. The van der Waals surface area contributed by atoms with Crippen LogP contribution < -0.4 is 21.5 Å². The van der Waals surface area contributed by atoms with Gasteiger partial charge in [-0.25, -0.2) is 4.79 Å². The smallest absolute Gasteiger partial charge is 0.372 e. The molecule has 6 heteroatoms. The summed E-state index contributed by atoms with van der Waals surface area (Å²) in [5, 5.41) is 1.99. The molecule has 0 aliphatic rings. The molecule has 0 aromatic carbocycles. The summed E-state index contributed by atoms with van der Waals surface area (Å²) < 4.78 is 6.38. The minimum absolute atomic E-state index is 0. The van der Waals surface area contributed by atoms with E-state index >= 15 is 0 Å². The van der Waals surface area contributed by atoms with E-state index in [-0.39, 0.29) is 39.9 Å². The van der Waals surface area contributed by atoms with Crippen molar-refractivity contribution in [1.82, 2.24) is 0 Å². The molecule has 0 radical (unpaired) electrons. The van der Waals surface area contributed by atoms with E-state index in [2.05, 4.69) is 4.74 Å². The van der Waals surface area contributed by atoms with Gasteiger partial charge in [0.1, 0.15) is 0 Å². The second-order valence-corrected chi connectivity index (χ2v) is 2.92. The average Bonchev–Trinajstić information content (AvgIpc) is 2.37. The van der Waals surface area contributed by atoms with Gasteiger partial charge in [0, 0.05) is 6.92 Å². The molecule has 76 valence electrons. The van der Waals surface area contributed by atoms with Gasteiger partial charge in [0.25, 0.3) is 0 Å². The fourth-order valence-corrected chi connectivity index (χ4v) is 1.50. The maximum absolute atomic E-state index is 10.8. The van der Waals surface area contributed by atoms with Gasteiger partial charge in [0.2, 0.25) is 12.1 Å². The van der Waals surface area contributed by atoms with Crippen molar-refractivity contribution in [2.24, 2.45) is 0 Å². The number of carbonyl (C=O) groups excluding carboxylic acids is 1. The number of nitrogens with zero attached hydrogens (tertiary/aromatic N) is 1. The highest BCUT2D eigenvalue weighted by Crippen LogP contribution is 1.96. The molecule has 0 aliphatic heterocycles. The van der Waals surface area contributed by atoms with Gasteiger partial charge < -0.3 is 21.7 Å². The predicted octanol–water partition coefficient (Wildman–Crippen LogP) is -1.90. The van der Waals surface area contributed by atoms with Crippen LogP contribution in [-0.2, 0) is 16.1 Å². The van der Waals surface area contributed by atoms with Crippen LogP contribution in [-0.4, -0.2) is 13.1 Å². The van der Waals surface area contributed by atoms with Crippen molar-refractivity contribution in [3.63, 3.8) is 0 Å². The summed E-state index contributed by atoms with van der Waals surface area (Å²) in [6.45, 7) is 2.27. The van der Waals surface area contributed by atoms with E-state index in [1.165, 1.54) is 7.11 Å². The molecule has 0 atom stereocenters. The molecule has 0 unspecified atom stereocenters. The van der Waals surface area contributed by atoms with Gasteiger partial charge in [-0.2, -0.15) is 4.57 Å². The SMILES string of the molecule is Br.COC(=O)C[n+]1cscc1C.[Br-]. The number of halogens is 2. The molecule has 3 nitrogen and oxygen atoms in total. The molecule has 1 rings (SSSR count). The zero-order valence-electron chi connectivity index (χ0n) is 7.32. The largest absolute Gasteiger partial charge is 1.00 e. The molecule has 0 N–H and O–H groups in total. The minimum Gasteiger partial charge on any atom is -1.00 e. The molecule has 0 amide bonds. The van der Waals surface area contributed by atoms with Crippen LogP contribution in [0.2, 0.25) is 0 Å². The molecule has 0 spiro atoms. The predicted molar refractivity (Wildman–Crippen MR) is 51.6 cm³/mol. The van der Waals surface area contributed by atoms with Crippen molar-refractivity contribution in [1.29, 1.82) is 0 Å². The molecule has 13 heavy (non-hydrogen) atoms. The van der Waals surface area contributed by atoms with Crippen LogP contribution >= 0.6 is 28.3 Å². The van der Waals surface area contributed by atoms with Crippen molar-refractivity contribution < 1.29 is 31.1 Å². The molecule has 1 aromatic rings. The quantitative estimate of drug-likeness (QED) is 0.468. The van der Waals surface area contributed by atoms with Gasteiger partial charge in [-0.3, -0.25) is 0 Å². The topological polar surface area (TPSA) is 30.2 Å². The summed E-state index contributed by atoms with van der Waals surface area (Å²) in [7, 11) is 1.39. The zero-order valence-corrected chi connectivity index (χ0v) is 11.4. The highest BCUT2D eigenvalue weighted by atomic mass is 79.9. The van der Waals surface area contributed by atoms with Gasteiger partial charge in [0.15, 0.2) is 5.69 Å². The number of methoxy groups -OCH3 is 1. The van der Waals surface area contributed by atoms with E-state index in [1.807, 2.05) is 22.4 Å². The summed E-state index contributed by atoms with van der Waals surface area (Å²) >= 11 is 1.57. The third kappa shape index (κ3) is 4.73. The van der Waals surface area contributed by atoms with Crippen LogP contribution in [0.3, 0.4) is 0 Å². The Bertz CT molecular complexity index is 265.